The molecule has 0 saturated carbocycles. The molecule has 1 fully saturated rings. The molecule has 1 aromatic heterocycles. The zero-order valence-corrected chi connectivity index (χ0v) is 13.0. The standard InChI is InChI=1S/C16H23N3S/c1-11-5-4-8-19(10-11)16-13(15(17)20)9-12-6-2-3-7-14(12)18-16/h9,11H,2-8,10H2,1H3,(H2,17,20). The maximum atomic E-state index is 5.95. The van der Waals surface area contributed by atoms with Crippen LogP contribution in [-0.2, 0) is 12.8 Å². The Hall–Kier alpha value is -1.16. The van der Waals surface area contributed by atoms with Gasteiger partial charge in [0.25, 0.3) is 0 Å². The first-order chi connectivity index (χ1) is 9.65. The van der Waals surface area contributed by atoms with Crippen LogP contribution in [0.5, 0.6) is 0 Å². The van der Waals surface area contributed by atoms with Gasteiger partial charge in [-0.1, -0.05) is 19.1 Å². The maximum absolute atomic E-state index is 5.95. The van der Waals surface area contributed by atoms with Gasteiger partial charge in [-0.15, -0.1) is 0 Å². The Kier molecular flexibility index (Phi) is 3.92. The van der Waals surface area contributed by atoms with E-state index in [2.05, 4.69) is 17.9 Å². The van der Waals surface area contributed by atoms with Crippen molar-refractivity contribution >= 4 is 23.0 Å². The van der Waals surface area contributed by atoms with Crippen LogP contribution in [0.2, 0.25) is 0 Å². The van der Waals surface area contributed by atoms with Gasteiger partial charge in [0.05, 0.1) is 5.56 Å². The highest BCUT2D eigenvalue weighted by atomic mass is 32.1. The van der Waals surface area contributed by atoms with Gasteiger partial charge in [-0.05, 0) is 56.1 Å². The van der Waals surface area contributed by atoms with Crippen molar-refractivity contribution in [1.29, 1.82) is 0 Å². The molecule has 2 aliphatic rings. The van der Waals surface area contributed by atoms with E-state index in [1.807, 2.05) is 0 Å². The lowest BCUT2D eigenvalue weighted by Crippen LogP contribution is -2.36. The molecule has 0 bridgehead atoms. The minimum Gasteiger partial charge on any atom is -0.389 e. The summed E-state index contributed by atoms with van der Waals surface area (Å²) in [6, 6.07) is 2.21. The summed E-state index contributed by atoms with van der Waals surface area (Å²) in [7, 11) is 0. The molecule has 0 aromatic carbocycles. The molecule has 0 radical (unpaired) electrons. The fraction of sp³-hybridized carbons (Fsp3) is 0.625. The first-order valence-corrected chi connectivity index (χ1v) is 8.13. The van der Waals surface area contributed by atoms with Crippen molar-refractivity contribution in [3.05, 3.63) is 22.9 Å². The van der Waals surface area contributed by atoms with E-state index in [1.165, 1.54) is 36.9 Å². The third-order valence-electron chi connectivity index (χ3n) is 4.50. The number of fused-ring (bicyclic) bond motifs is 1. The number of nitrogens with zero attached hydrogens (tertiary/aromatic N) is 2. The second-order valence-corrected chi connectivity index (χ2v) is 6.67. The number of aromatic nitrogens is 1. The summed E-state index contributed by atoms with van der Waals surface area (Å²) in [6.45, 7) is 4.46. The van der Waals surface area contributed by atoms with E-state index in [9.17, 15) is 0 Å². The van der Waals surface area contributed by atoms with Crippen molar-refractivity contribution in [3.8, 4) is 0 Å². The lowest BCUT2D eigenvalue weighted by atomic mass is 9.94. The van der Waals surface area contributed by atoms with Gasteiger partial charge in [0.2, 0.25) is 0 Å². The van der Waals surface area contributed by atoms with E-state index < -0.39 is 0 Å². The van der Waals surface area contributed by atoms with Crippen LogP contribution in [0.25, 0.3) is 0 Å². The highest BCUT2D eigenvalue weighted by Crippen LogP contribution is 2.29. The van der Waals surface area contributed by atoms with Crippen LogP contribution in [0.4, 0.5) is 5.82 Å². The quantitative estimate of drug-likeness (QED) is 0.850. The van der Waals surface area contributed by atoms with Gasteiger partial charge in [-0.3, -0.25) is 0 Å². The van der Waals surface area contributed by atoms with Crippen molar-refractivity contribution in [2.75, 3.05) is 18.0 Å². The summed E-state index contributed by atoms with van der Waals surface area (Å²) < 4.78 is 0. The first-order valence-electron chi connectivity index (χ1n) is 7.72. The predicted octanol–water partition coefficient (Wildman–Crippen LogP) is 2.83. The zero-order valence-electron chi connectivity index (χ0n) is 12.2. The largest absolute Gasteiger partial charge is 0.389 e. The van der Waals surface area contributed by atoms with Crippen molar-refractivity contribution in [3.63, 3.8) is 0 Å². The highest BCUT2D eigenvalue weighted by Gasteiger charge is 2.23. The van der Waals surface area contributed by atoms with Crippen LogP contribution in [0, 0.1) is 5.92 Å². The Morgan fingerprint density at radius 3 is 2.90 bits per heavy atom. The summed E-state index contributed by atoms with van der Waals surface area (Å²) in [6.07, 6.45) is 7.27. The highest BCUT2D eigenvalue weighted by molar-refractivity contribution is 7.80. The number of hydrogen-bond acceptors (Lipinski definition) is 3. The summed E-state index contributed by atoms with van der Waals surface area (Å²) in [4.78, 5) is 7.82. The summed E-state index contributed by atoms with van der Waals surface area (Å²) in [5.41, 5.74) is 9.56. The Morgan fingerprint density at radius 2 is 2.15 bits per heavy atom. The SMILES string of the molecule is CC1CCCN(c2nc3c(cc2C(N)=S)CCCC3)C1. The van der Waals surface area contributed by atoms with Crippen LogP contribution in [0.15, 0.2) is 6.07 Å². The molecule has 108 valence electrons. The van der Waals surface area contributed by atoms with Crippen LogP contribution in [0.1, 0.15) is 49.4 Å². The normalized spacial score (nSPS) is 22.4. The molecule has 4 heteroatoms. The zero-order chi connectivity index (χ0) is 14.1. The predicted molar refractivity (Wildman–Crippen MR) is 87.4 cm³/mol. The molecule has 3 nitrogen and oxygen atoms in total. The Balaban J connectivity index is 2.01. The van der Waals surface area contributed by atoms with Crippen molar-refractivity contribution in [2.24, 2.45) is 11.7 Å². The topological polar surface area (TPSA) is 42.2 Å². The third kappa shape index (κ3) is 2.66. The first kappa shape index (κ1) is 13.8. The molecule has 1 aliphatic carbocycles. The summed E-state index contributed by atoms with van der Waals surface area (Å²) >= 11 is 5.26. The molecule has 1 saturated heterocycles. The van der Waals surface area contributed by atoms with Gasteiger partial charge in [0, 0.05) is 18.8 Å². The Labute approximate surface area is 126 Å². The second kappa shape index (κ2) is 5.68. The number of pyridine rings is 1. The van der Waals surface area contributed by atoms with Gasteiger partial charge in [-0.25, -0.2) is 4.98 Å². The number of thiocarbonyl (C=S) groups is 1. The number of rotatable bonds is 2. The summed E-state index contributed by atoms with van der Waals surface area (Å²) in [5, 5.41) is 0. The molecule has 3 rings (SSSR count). The van der Waals surface area contributed by atoms with E-state index in [0.717, 1.165) is 43.2 Å². The fourth-order valence-corrected chi connectivity index (χ4v) is 3.58. The molecule has 1 unspecified atom stereocenters. The van der Waals surface area contributed by atoms with Crippen molar-refractivity contribution in [1.82, 2.24) is 4.98 Å². The molecule has 1 aromatic rings. The number of aryl methyl sites for hydroxylation is 2. The van der Waals surface area contributed by atoms with Gasteiger partial charge in [-0.2, -0.15) is 0 Å². The Bertz CT molecular complexity index is 527. The molecule has 0 spiro atoms. The van der Waals surface area contributed by atoms with E-state index in [1.54, 1.807) is 0 Å². The molecule has 1 atom stereocenters. The van der Waals surface area contributed by atoms with Crippen LogP contribution >= 0.6 is 12.2 Å². The summed E-state index contributed by atoms with van der Waals surface area (Å²) in [5.74, 6) is 1.76. The number of anilines is 1. The fourth-order valence-electron chi connectivity index (χ4n) is 3.43. The smallest absolute Gasteiger partial charge is 0.139 e. The van der Waals surface area contributed by atoms with Gasteiger partial charge in [0.1, 0.15) is 10.8 Å². The molecule has 2 heterocycles. The van der Waals surface area contributed by atoms with Crippen molar-refractivity contribution < 1.29 is 0 Å². The van der Waals surface area contributed by atoms with Crippen molar-refractivity contribution in [2.45, 2.75) is 45.4 Å². The average molecular weight is 289 g/mol. The maximum Gasteiger partial charge on any atom is 0.139 e. The van der Waals surface area contributed by atoms with Crippen LogP contribution in [0.3, 0.4) is 0 Å². The van der Waals surface area contributed by atoms with Gasteiger partial charge in [0.15, 0.2) is 0 Å². The van der Waals surface area contributed by atoms with Crippen LogP contribution < -0.4 is 10.6 Å². The molecular formula is C16H23N3S. The molecular weight excluding hydrogens is 266 g/mol. The van der Waals surface area contributed by atoms with E-state index in [0.29, 0.717) is 4.99 Å². The lowest BCUT2D eigenvalue weighted by Gasteiger charge is -2.34. The van der Waals surface area contributed by atoms with E-state index in [-0.39, 0.29) is 0 Å². The monoisotopic (exact) mass is 289 g/mol. The molecule has 0 amide bonds. The lowest BCUT2D eigenvalue weighted by molar-refractivity contribution is 0.444. The van der Waals surface area contributed by atoms with E-state index in [4.69, 9.17) is 22.9 Å². The average Bonchev–Trinajstić information content (AvgIpc) is 2.46. The number of piperidine rings is 1. The Morgan fingerprint density at radius 1 is 1.35 bits per heavy atom. The van der Waals surface area contributed by atoms with Crippen LogP contribution in [-0.4, -0.2) is 23.1 Å². The van der Waals surface area contributed by atoms with E-state index >= 15 is 0 Å². The second-order valence-electron chi connectivity index (χ2n) is 6.23. The molecule has 20 heavy (non-hydrogen) atoms. The number of hydrogen-bond donors (Lipinski definition) is 1. The minimum absolute atomic E-state index is 0.485. The molecule has 1 aliphatic heterocycles. The third-order valence-corrected chi connectivity index (χ3v) is 4.72. The minimum atomic E-state index is 0.485. The van der Waals surface area contributed by atoms with Gasteiger partial charge >= 0.3 is 0 Å². The van der Waals surface area contributed by atoms with Gasteiger partial charge < -0.3 is 10.6 Å². The number of nitrogens with two attached hydrogens (primary N) is 1. The molecule has 2 N–H and O–H groups in total.